The highest BCUT2D eigenvalue weighted by atomic mass is 16.3. The van der Waals surface area contributed by atoms with Crippen molar-refractivity contribution in [3.8, 4) is 0 Å². The van der Waals surface area contributed by atoms with Crippen LogP contribution in [0.15, 0.2) is 0 Å². The Morgan fingerprint density at radius 1 is 1.21 bits per heavy atom. The van der Waals surface area contributed by atoms with Gasteiger partial charge in [-0.15, -0.1) is 0 Å². The Labute approximate surface area is 86.3 Å². The van der Waals surface area contributed by atoms with Crippen LogP contribution in [0.1, 0.15) is 46.5 Å². The molecule has 0 saturated heterocycles. The molecule has 2 nitrogen and oxygen atoms in total. The average molecular weight is 198 g/mol. The van der Waals surface area contributed by atoms with Gasteiger partial charge in [0.05, 0.1) is 11.7 Å². The number of rotatable bonds is 1. The summed E-state index contributed by atoms with van der Waals surface area (Å²) in [4.78, 5) is 0. The van der Waals surface area contributed by atoms with Gasteiger partial charge in [-0.1, -0.05) is 20.8 Å². The highest BCUT2D eigenvalue weighted by Gasteiger charge is 2.58. The van der Waals surface area contributed by atoms with Gasteiger partial charge < -0.3 is 10.2 Å². The first-order chi connectivity index (χ1) is 6.43. The molecule has 0 radical (unpaired) electrons. The quantitative estimate of drug-likeness (QED) is 0.676. The molecule has 2 saturated carbocycles. The molecule has 14 heavy (non-hydrogen) atoms. The van der Waals surface area contributed by atoms with E-state index < -0.39 is 11.7 Å². The predicted octanol–water partition coefficient (Wildman–Crippen LogP) is 1.94. The van der Waals surface area contributed by atoms with E-state index in [9.17, 15) is 10.2 Å². The van der Waals surface area contributed by atoms with E-state index in [-0.39, 0.29) is 5.41 Å². The second-order valence-corrected chi connectivity index (χ2v) is 5.78. The lowest BCUT2D eigenvalue weighted by Crippen LogP contribution is -2.58. The topological polar surface area (TPSA) is 40.5 Å². The van der Waals surface area contributed by atoms with Crippen LogP contribution in [0, 0.1) is 17.3 Å². The third kappa shape index (κ3) is 1.10. The second kappa shape index (κ2) is 2.96. The Morgan fingerprint density at radius 3 is 2.36 bits per heavy atom. The van der Waals surface area contributed by atoms with Gasteiger partial charge in [-0.3, -0.25) is 0 Å². The fourth-order valence-electron chi connectivity index (χ4n) is 3.68. The van der Waals surface area contributed by atoms with Crippen LogP contribution in [-0.2, 0) is 0 Å². The number of hydrogen-bond acceptors (Lipinski definition) is 2. The molecule has 4 atom stereocenters. The molecule has 0 aromatic heterocycles. The summed E-state index contributed by atoms with van der Waals surface area (Å²) in [6, 6.07) is 0. The molecular weight excluding hydrogens is 176 g/mol. The predicted molar refractivity (Wildman–Crippen MR) is 55.9 cm³/mol. The summed E-state index contributed by atoms with van der Waals surface area (Å²) >= 11 is 0. The van der Waals surface area contributed by atoms with E-state index in [1.54, 1.807) is 0 Å². The summed E-state index contributed by atoms with van der Waals surface area (Å²) in [5.74, 6) is 0.940. The van der Waals surface area contributed by atoms with Gasteiger partial charge in [0.1, 0.15) is 0 Å². The van der Waals surface area contributed by atoms with Crippen molar-refractivity contribution in [2.24, 2.45) is 17.3 Å². The zero-order valence-corrected chi connectivity index (χ0v) is 9.45. The van der Waals surface area contributed by atoms with Crippen LogP contribution in [0.3, 0.4) is 0 Å². The minimum atomic E-state index is -0.823. The third-order valence-electron chi connectivity index (χ3n) is 4.94. The van der Waals surface area contributed by atoms with Crippen LogP contribution >= 0.6 is 0 Å². The molecular formula is C12H22O2. The fourth-order valence-corrected chi connectivity index (χ4v) is 3.68. The molecule has 0 heterocycles. The molecule has 0 spiro atoms. The van der Waals surface area contributed by atoms with E-state index >= 15 is 0 Å². The van der Waals surface area contributed by atoms with E-state index in [0.29, 0.717) is 18.3 Å². The lowest BCUT2D eigenvalue weighted by atomic mass is 9.60. The smallest absolute Gasteiger partial charge is 0.0936 e. The highest BCUT2D eigenvalue weighted by Crippen LogP contribution is 2.56. The molecule has 2 aliphatic rings. The standard InChI is InChI=1S/C12H22O2/c1-4-12(14)9-6-5-8(7-9)11(2,3)10(12)13/h8-10,13-14H,4-7H2,1-3H3. The van der Waals surface area contributed by atoms with Crippen LogP contribution in [0.25, 0.3) is 0 Å². The first-order valence-electron chi connectivity index (χ1n) is 5.83. The summed E-state index contributed by atoms with van der Waals surface area (Å²) in [6.07, 6.45) is 3.50. The van der Waals surface area contributed by atoms with Crippen molar-refractivity contribution in [2.45, 2.75) is 58.2 Å². The molecule has 0 amide bonds. The van der Waals surface area contributed by atoms with Crippen molar-refractivity contribution in [3.05, 3.63) is 0 Å². The average Bonchev–Trinajstić information content (AvgIpc) is 2.61. The van der Waals surface area contributed by atoms with E-state index in [0.717, 1.165) is 12.8 Å². The molecule has 4 unspecified atom stereocenters. The van der Waals surface area contributed by atoms with Gasteiger partial charge in [0.25, 0.3) is 0 Å². The maximum Gasteiger partial charge on any atom is 0.0936 e. The number of aliphatic hydroxyl groups is 2. The van der Waals surface area contributed by atoms with Gasteiger partial charge >= 0.3 is 0 Å². The van der Waals surface area contributed by atoms with Crippen LogP contribution < -0.4 is 0 Å². The molecule has 82 valence electrons. The van der Waals surface area contributed by atoms with Crippen LogP contribution in [0.4, 0.5) is 0 Å². The van der Waals surface area contributed by atoms with Crippen molar-refractivity contribution < 1.29 is 10.2 Å². The first-order valence-corrected chi connectivity index (χ1v) is 5.83. The van der Waals surface area contributed by atoms with E-state index in [1.165, 1.54) is 6.42 Å². The van der Waals surface area contributed by atoms with Gasteiger partial charge in [-0.05, 0) is 42.9 Å². The van der Waals surface area contributed by atoms with Crippen molar-refractivity contribution >= 4 is 0 Å². The van der Waals surface area contributed by atoms with Gasteiger partial charge in [-0.2, -0.15) is 0 Å². The van der Waals surface area contributed by atoms with Gasteiger partial charge in [-0.25, -0.2) is 0 Å². The van der Waals surface area contributed by atoms with E-state index in [1.807, 2.05) is 6.92 Å². The second-order valence-electron chi connectivity index (χ2n) is 5.78. The summed E-state index contributed by atoms with van der Waals surface area (Å²) in [5, 5.41) is 20.8. The molecule has 2 heteroatoms. The number of fused-ring (bicyclic) bond motifs is 2. The van der Waals surface area contributed by atoms with E-state index in [2.05, 4.69) is 13.8 Å². The van der Waals surface area contributed by atoms with Gasteiger partial charge in [0.15, 0.2) is 0 Å². The fraction of sp³-hybridized carbons (Fsp3) is 1.00. The van der Waals surface area contributed by atoms with E-state index in [4.69, 9.17) is 0 Å². The largest absolute Gasteiger partial charge is 0.390 e. The van der Waals surface area contributed by atoms with Crippen molar-refractivity contribution in [1.82, 2.24) is 0 Å². The molecule has 2 N–H and O–H groups in total. The molecule has 2 fully saturated rings. The normalized spacial score (nSPS) is 50.8. The van der Waals surface area contributed by atoms with Crippen molar-refractivity contribution in [2.75, 3.05) is 0 Å². The Kier molecular flexibility index (Phi) is 2.20. The van der Waals surface area contributed by atoms with Gasteiger partial charge in [0.2, 0.25) is 0 Å². The summed E-state index contributed by atoms with van der Waals surface area (Å²) in [7, 11) is 0. The monoisotopic (exact) mass is 198 g/mol. The number of hydrogen-bond donors (Lipinski definition) is 2. The summed E-state index contributed by atoms with van der Waals surface area (Å²) in [5.41, 5.74) is -0.936. The minimum Gasteiger partial charge on any atom is -0.390 e. The maximum absolute atomic E-state index is 10.5. The third-order valence-corrected chi connectivity index (χ3v) is 4.94. The zero-order chi connectivity index (χ0) is 10.6. The lowest BCUT2D eigenvalue weighted by Gasteiger charge is -2.50. The van der Waals surface area contributed by atoms with Crippen LogP contribution in [0.5, 0.6) is 0 Å². The minimum absolute atomic E-state index is 0.113. The Hall–Kier alpha value is -0.0800. The Morgan fingerprint density at radius 2 is 1.79 bits per heavy atom. The Balaban J connectivity index is 2.36. The van der Waals surface area contributed by atoms with Crippen LogP contribution in [0.2, 0.25) is 0 Å². The van der Waals surface area contributed by atoms with Crippen LogP contribution in [-0.4, -0.2) is 21.9 Å². The lowest BCUT2D eigenvalue weighted by molar-refractivity contribution is -0.187. The maximum atomic E-state index is 10.5. The molecule has 2 aliphatic carbocycles. The molecule has 0 aromatic carbocycles. The number of aliphatic hydroxyl groups excluding tert-OH is 1. The Bertz CT molecular complexity index is 236. The summed E-state index contributed by atoms with van der Waals surface area (Å²) < 4.78 is 0. The van der Waals surface area contributed by atoms with Crippen molar-refractivity contribution in [1.29, 1.82) is 0 Å². The molecule has 2 bridgehead atoms. The summed E-state index contributed by atoms with van der Waals surface area (Å²) in [6.45, 7) is 6.19. The highest BCUT2D eigenvalue weighted by molar-refractivity contribution is 5.09. The molecule has 0 aliphatic heterocycles. The SMILES string of the molecule is CCC1(O)C2CCC(C2)C(C)(C)C1O. The first kappa shape index (κ1) is 10.4. The van der Waals surface area contributed by atoms with Gasteiger partial charge in [0, 0.05) is 0 Å². The van der Waals surface area contributed by atoms with Crippen molar-refractivity contribution in [3.63, 3.8) is 0 Å². The molecule has 2 rings (SSSR count). The molecule has 0 aromatic rings. The zero-order valence-electron chi connectivity index (χ0n) is 9.45.